The number of hydrogen-bond acceptors (Lipinski definition) is 6. The molecule has 1 aliphatic carbocycles. The number of nitrogens with zero attached hydrogens (tertiary/aromatic N) is 2. The Labute approximate surface area is 161 Å². The Bertz CT molecular complexity index is 801. The van der Waals surface area contributed by atoms with Crippen molar-refractivity contribution in [2.24, 2.45) is 5.16 Å². The normalized spacial score (nSPS) is 22.6. The van der Waals surface area contributed by atoms with Crippen molar-refractivity contribution in [3.63, 3.8) is 0 Å². The lowest BCUT2D eigenvalue weighted by Crippen LogP contribution is -2.51. The molecule has 2 N–H and O–H groups in total. The Balaban J connectivity index is 1.77. The lowest BCUT2D eigenvalue weighted by molar-refractivity contribution is -0.384. The Morgan fingerprint density at radius 3 is 2.64 bits per heavy atom. The standard InChI is InChI=1S/C19H23N3O6/c23-17(24)12-19(18(25)20-14-7-3-1-2-4-8-14)11-16(21-28-19)13-6-5-9-15(10-13)22(26)27/h5-6,9-10,14H,1-4,7-8,11-12H2,(H,20,25)(H,23,24)/t19-/m0/s1. The van der Waals surface area contributed by atoms with Crippen LogP contribution in [-0.2, 0) is 14.4 Å². The summed E-state index contributed by atoms with van der Waals surface area (Å²) in [5, 5.41) is 27.2. The summed E-state index contributed by atoms with van der Waals surface area (Å²) < 4.78 is 0. The first-order valence-corrected chi connectivity index (χ1v) is 9.42. The number of carboxylic acid groups (broad SMARTS) is 1. The minimum Gasteiger partial charge on any atom is -0.481 e. The van der Waals surface area contributed by atoms with Gasteiger partial charge in [-0.05, 0) is 12.8 Å². The van der Waals surface area contributed by atoms with E-state index < -0.39 is 28.8 Å². The molecule has 0 spiro atoms. The van der Waals surface area contributed by atoms with Gasteiger partial charge in [-0.3, -0.25) is 19.7 Å². The average molecular weight is 389 g/mol. The van der Waals surface area contributed by atoms with E-state index in [0.29, 0.717) is 11.3 Å². The third-order valence-corrected chi connectivity index (χ3v) is 5.21. The number of carbonyl (C=O) groups is 2. The molecule has 1 heterocycles. The molecule has 9 heteroatoms. The van der Waals surface area contributed by atoms with Gasteiger partial charge in [0.2, 0.25) is 5.60 Å². The number of nitrogens with one attached hydrogen (secondary N) is 1. The molecule has 3 rings (SSSR count). The first kappa shape index (κ1) is 19.8. The fraction of sp³-hybridized carbons (Fsp3) is 0.526. The third kappa shape index (κ3) is 4.47. The predicted octanol–water partition coefficient (Wildman–Crippen LogP) is 2.77. The molecule has 0 radical (unpaired) electrons. The highest BCUT2D eigenvalue weighted by Gasteiger charge is 2.49. The van der Waals surface area contributed by atoms with Gasteiger partial charge >= 0.3 is 5.97 Å². The molecule has 9 nitrogen and oxygen atoms in total. The van der Waals surface area contributed by atoms with E-state index in [1.54, 1.807) is 6.07 Å². The van der Waals surface area contributed by atoms with Crippen LogP contribution in [-0.4, -0.2) is 39.3 Å². The van der Waals surface area contributed by atoms with E-state index in [-0.39, 0.29) is 18.2 Å². The summed E-state index contributed by atoms with van der Waals surface area (Å²) in [5.41, 5.74) is -0.999. The average Bonchev–Trinajstić information content (AvgIpc) is 2.92. The van der Waals surface area contributed by atoms with Crippen molar-refractivity contribution >= 4 is 23.3 Å². The fourth-order valence-corrected chi connectivity index (χ4v) is 3.71. The van der Waals surface area contributed by atoms with Crippen LogP contribution >= 0.6 is 0 Å². The lowest BCUT2D eigenvalue weighted by atomic mass is 9.89. The zero-order chi connectivity index (χ0) is 20.1. The summed E-state index contributed by atoms with van der Waals surface area (Å²) in [6, 6.07) is 5.81. The van der Waals surface area contributed by atoms with Gasteiger partial charge in [0.1, 0.15) is 0 Å². The molecule has 150 valence electrons. The summed E-state index contributed by atoms with van der Waals surface area (Å²) in [4.78, 5) is 40.2. The van der Waals surface area contributed by atoms with Gasteiger partial charge in [0.25, 0.3) is 11.6 Å². The van der Waals surface area contributed by atoms with E-state index in [0.717, 1.165) is 38.5 Å². The Morgan fingerprint density at radius 2 is 2.00 bits per heavy atom. The molecule has 1 saturated carbocycles. The predicted molar refractivity (Wildman–Crippen MR) is 100.0 cm³/mol. The molecular formula is C19H23N3O6. The smallest absolute Gasteiger partial charge is 0.308 e. The second-order valence-corrected chi connectivity index (χ2v) is 7.34. The molecule has 1 amide bonds. The number of hydrogen-bond donors (Lipinski definition) is 2. The van der Waals surface area contributed by atoms with E-state index in [4.69, 9.17) is 4.84 Å². The molecule has 1 atom stereocenters. The van der Waals surface area contributed by atoms with Gasteiger partial charge in [-0.25, -0.2) is 0 Å². The molecule has 1 aliphatic heterocycles. The summed E-state index contributed by atoms with van der Waals surface area (Å²) in [7, 11) is 0. The highest BCUT2D eigenvalue weighted by atomic mass is 16.7. The Kier molecular flexibility index (Phi) is 5.91. The van der Waals surface area contributed by atoms with E-state index in [9.17, 15) is 24.8 Å². The van der Waals surface area contributed by atoms with Crippen LogP contribution in [0.5, 0.6) is 0 Å². The van der Waals surface area contributed by atoms with Crippen LogP contribution in [0.15, 0.2) is 29.4 Å². The molecule has 1 aromatic carbocycles. The third-order valence-electron chi connectivity index (χ3n) is 5.21. The van der Waals surface area contributed by atoms with Crippen LogP contribution < -0.4 is 5.32 Å². The van der Waals surface area contributed by atoms with Crippen LogP contribution in [0.25, 0.3) is 0 Å². The number of nitro groups is 1. The maximum atomic E-state index is 13.0. The van der Waals surface area contributed by atoms with Crippen LogP contribution in [0.2, 0.25) is 0 Å². The molecule has 1 aromatic rings. The molecular weight excluding hydrogens is 366 g/mol. The van der Waals surface area contributed by atoms with Crippen molar-refractivity contribution in [3.8, 4) is 0 Å². The summed E-state index contributed by atoms with van der Waals surface area (Å²) in [5.74, 6) is -1.67. The monoisotopic (exact) mass is 389 g/mol. The highest BCUT2D eigenvalue weighted by Crippen LogP contribution is 2.32. The van der Waals surface area contributed by atoms with Gasteiger partial charge in [-0.1, -0.05) is 43.0 Å². The Hall–Kier alpha value is -2.97. The van der Waals surface area contributed by atoms with Crippen LogP contribution in [0.3, 0.4) is 0 Å². The zero-order valence-electron chi connectivity index (χ0n) is 15.4. The minimum atomic E-state index is -1.64. The second kappa shape index (κ2) is 8.37. The topological polar surface area (TPSA) is 131 Å². The minimum absolute atomic E-state index is 0.00821. The number of non-ortho nitro benzene ring substituents is 1. The van der Waals surface area contributed by atoms with Gasteiger partial charge in [0, 0.05) is 30.2 Å². The van der Waals surface area contributed by atoms with E-state index in [2.05, 4.69) is 10.5 Å². The van der Waals surface area contributed by atoms with Crippen molar-refractivity contribution < 1.29 is 24.5 Å². The number of carboxylic acids is 1. The molecule has 1 fully saturated rings. The Morgan fingerprint density at radius 1 is 1.29 bits per heavy atom. The summed E-state index contributed by atoms with van der Waals surface area (Å²) in [6.07, 6.45) is 5.42. The number of aliphatic carboxylic acids is 1. The largest absolute Gasteiger partial charge is 0.481 e. The van der Waals surface area contributed by atoms with Gasteiger partial charge in [-0.2, -0.15) is 0 Å². The highest BCUT2D eigenvalue weighted by molar-refractivity contribution is 6.06. The van der Waals surface area contributed by atoms with Gasteiger partial charge in [-0.15, -0.1) is 0 Å². The maximum Gasteiger partial charge on any atom is 0.308 e. The molecule has 0 saturated heterocycles. The zero-order valence-corrected chi connectivity index (χ0v) is 15.4. The van der Waals surface area contributed by atoms with Crippen LogP contribution in [0, 0.1) is 10.1 Å². The molecule has 2 aliphatic rings. The van der Waals surface area contributed by atoms with Crippen molar-refractivity contribution in [3.05, 3.63) is 39.9 Å². The number of rotatable bonds is 6. The van der Waals surface area contributed by atoms with Crippen molar-refractivity contribution in [2.75, 3.05) is 0 Å². The lowest BCUT2D eigenvalue weighted by Gasteiger charge is -2.26. The number of benzene rings is 1. The fourth-order valence-electron chi connectivity index (χ4n) is 3.71. The van der Waals surface area contributed by atoms with E-state index in [1.807, 2.05) is 0 Å². The van der Waals surface area contributed by atoms with Gasteiger partial charge < -0.3 is 15.3 Å². The number of oxime groups is 1. The first-order chi connectivity index (χ1) is 13.4. The SMILES string of the molecule is O=C(O)C[C@]1(C(=O)NC2CCCCCC2)CC(c2cccc([N+](=O)[O-])c2)=NO1. The number of nitro benzene ring substituents is 1. The maximum absolute atomic E-state index is 13.0. The van der Waals surface area contributed by atoms with Crippen molar-refractivity contribution in [2.45, 2.75) is 63.0 Å². The number of amides is 1. The molecule has 0 bridgehead atoms. The second-order valence-electron chi connectivity index (χ2n) is 7.34. The van der Waals surface area contributed by atoms with Gasteiger partial charge in [0.15, 0.2) is 0 Å². The van der Waals surface area contributed by atoms with Gasteiger partial charge in [0.05, 0.1) is 17.1 Å². The van der Waals surface area contributed by atoms with Crippen LogP contribution in [0.1, 0.15) is 56.9 Å². The molecule has 0 unspecified atom stereocenters. The van der Waals surface area contributed by atoms with E-state index >= 15 is 0 Å². The van der Waals surface area contributed by atoms with Crippen LogP contribution in [0.4, 0.5) is 5.69 Å². The molecule has 0 aromatic heterocycles. The van der Waals surface area contributed by atoms with Crippen molar-refractivity contribution in [1.29, 1.82) is 0 Å². The van der Waals surface area contributed by atoms with E-state index in [1.165, 1.54) is 18.2 Å². The summed E-state index contributed by atoms with van der Waals surface area (Å²) in [6.45, 7) is 0. The van der Waals surface area contributed by atoms with Crippen molar-refractivity contribution in [1.82, 2.24) is 5.32 Å². The quantitative estimate of drug-likeness (QED) is 0.437. The number of carbonyl (C=O) groups excluding carboxylic acids is 1. The molecule has 28 heavy (non-hydrogen) atoms. The first-order valence-electron chi connectivity index (χ1n) is 9.42. The summed E-state index contributed by atoms with van der Waals surface area (Å²) >= 11 is 0.